The van der Waals surface area contributed by atoms with Crippen molar-refractivity contribution in [3.05, 3.63) is 65.2 Å². The summed E-state index contributed by atoms with van der Waals surface area (Å²) in [5.41, 5.74) is 1.09. The first-order chi connectivity index (χ1) is 12.2. The fraction of sp³-hybridized carbons (Fsp3) is 0.316. The van der Waals surface area contributed by atoms with Crippen LogP contribution in [0.1, 0.15) is 11.5 Å². The first kappa shape index (κ1) is 22.5. The molecule has 0 fully saturated rings. The third-order valence-electron chi connectivity index (χ3n) is 3.72. The molecule has 2 aromatic carbocycles. The number of ether oxygens (including phenoxy) is 1. The van der Waals surface area contributed by atoms with Gasteiger partial charge in [0.25, 0.3) is 0 Å². The summed E-state index contributed by atoms with van der Waals surface area (Å²) >= 11 is 6.05. The molecule has 2 rings (SSSR count). The van der Waals surface area contributed by atoms with E-state index in [1.165, 1.54) is 0 Å². The van der Waals surface area contributed by atoms with E-state index in [9.17, 15) is 5.11 Å². The van der Waals surface area contributed by atoms with Crippen molar-refractivity contribution in [2.45, 2.75) is 5.92 Å². The van der Waals surface area contributed by atoms with Gasteiger partial charge in [0.1, 0.15) is 12.4 Å². The molecule has 0 saturated heterocycles. The highest BCUT2D eigenvalue weighted by molar-refractivity contribution is 14.0. The number of hydrogen-bond acceptors (Lipinski definition) is 3. The number of halogens is 2. The van der Waals surface area contributed by atoms with Crippen molar-refractivity contribution in [1.29, 1.82) is 0 Å². The maximum atomic E-state index is 9.60. The van der Waals surface area contributed by atoms with Gasteiger partial charge in [0.05, 0.1) is 18.2 Å². The maximum Gasteiger partial charge on any atom is 0.191 e. The molecular weight excluding hydrogens is 465 g/mol. The molecule has 142 valence electrons. The van der Waals surface area contributed by atoms with Gasteiger partial charge in [-0.2, -0.15) is 0 Å². The standard InChI is InChI=1S/C19H24ClN3O2.HI/c1-21-19(22-11-12-25-18-10-6-5-9-17(18)20)23-13-16(14-24)15-7-3-2-4-8-15;/h2-10,16,24H,11-14H2,1H3,(H2,21,22,23);1H. The van der Waals surface area contributed by atoms with Crippen LogP contribution in [0, 0.1) is 0 Å². The Morgan fingerprint density at radius 2 is 1.81 bits per heavy atom. The van der Waals surface area contributed by atoms with Crippen molar-refractivity contribution in [3.8, 4) is 5.75 Å². The summed E-state index contributed by atoms with van der Waals surface area (Å²) in [6, 6.07) is 17.3. The lowest BCUT2D eigenvalue weighted by molar-refractivity contribution is 0.265. The average Bonchev–Trinajstić information content (AvgIpc) is 2.66. The Morgan fingerprint density at radius 3 is 2.46 bits per heavy atom. The normalized spacial score (nSPS) is 12.0. The van der Waals surface area contributed by atoms with Crippen LogP contribution >= 0.6 is 35.6 Å². The molecule has 3 N–H and O–H groups in total. The smallest absolute Gasteiger partial charge is 0.191 e. The van der Waals surface area contributed by atoms with Crippen LogP contribution in [0.25, 0.3) is 0 Å². The van der Waals surface area contributed by atoms with Gasteiger partial charge in [0.2, 0.25) is 0 Å². The quantitative estimate of drug-likeness (QED) is 0.230. The summed E-state index contributed by atoms with van der Waals surface area (Å²) < 4.78 is 5.63. The molecule has 0 aromatic heterocycles. The zero-order chi connectivity index (χ0) is 17.9. The molecule has 0 saturated carbocycles. The Labute approximate surface area is 176 Å². The van der Waals surface area contributed by atoms with Crippen molar-refractivity contribution < 1.29 is 9.84 Å². The number of guanidine groups is 1. The number of para-hydroxylation sites is 1. The number of hydrogen-bond donors (Lipinski definition) is 3. The third-order valence-corrected chi connectivity index (χ3v) is 4.03. The molecule has 0 aliphatic rings. The van der Waals surface area contributed by atoms with Crippen LogP contribution < -0.4 is 15.4 Å². The Bertz CT molecular complexity index is 671. The van der Waals surface area contributed by atoms with Gasteiger partial charge in [0, 0.05) is 19.5 Å². The molecule has 26 heavy (non-hydrogen) atoms. The molecular formula is C19H25ClIN3O2. The van der Waals surface area contributed by atoms with Crippen LogP contribution in [0.5, 0.6) is 5.75 Å². The van der Waals surface area contributed by atoms with Crippen LogP contribution in [0.3, 0.4) is 0 Å². The average molecular weight is 490 g/mol. The molecule has 7 heteroatoms. The molecule has 1 unspecified atom stereocenters. The highest BCUT2D eigenvalue weighted by Gasteiger charge is 2.10. The predicted molar refractivity (Wildman–Crippen MR) is 118 cm³/mol. The summed E-state index contributed by atoms with van der Waals surface area (Å²) in [4.78, 5) is 4.18. The van der Waals surface area contributed by atoms with Gasteiger partial charge in [-0.3, -0.25) is 4.99 Å². The predicted octanol–water partition coefficient (Wildman–Crippen LogP) is 3.28. The molecule has 0 heterocycles. The van der Waals surface area contributed by atoms with E-state index >= 15 is 0 Å². The largest absolute Gasteiger partial charge is 0.490 e. The minimum Gasteiger partial charge on any atom is -0.490 e. The highest BCUT2D eigenvalue weighted by Crippen LogP contribution is 2.22. The lowest BCUT2D eigenvalue weighted by atomic mass is 10.0. The second-order valence-corrected chi connectivity index (χ2v) is 5.86. The van der Waals surface area contributed by atoms with Crippen LogP contribution in [-0.2, 0) is 0 Å². The molecule has 0 bridgehead atoms. The lowest BCUT2D eigenvalue weighted by Gasteiger charge is -2.18. The van der Waals surface area contributed by atoms with E-state index in [-0.39, 0.29) is 36.5 Å². The van der Waals surface area contributed by atoms with Gasteiger partial charge in [-0.1, -0.05) is 54.1 Å². The van der Waals surface area contributed by atoms with Gasteiger partial charge in [0.15, 0.2) is 5.96 Å². The molecule has 1 atom stereocenters. The minimum atomic E-state index is 0. The van der Waals surface area contributed by atoms with Crippen molar-refractivity contribution in [2.24, 2.45) is 4.99 Å². The molecule has 0 amide bonds. The molecule has 5 nitrogen and oxygen atoms in total. The van der Waals surface area contributed by atoms with Crippen molar-refractivity contribution in [1.82, 2.24) is 10.6 Å². The van der Waals surface area contributed by atoms with E-state index in [1.807, 2.05) is 48.5 Å². The van der Waals surface area contributed by atoms with E-state index < -0.39 is 0 Å². The SMILES string of the molecule is CN=C(NCCOc1ccccc1Cl)NCC(CO)c1ccccc1.I. The van der Waals surface area contributed by atoms with E-state index in [0.717, 1.165) is 5.56 Å². The molecule has 0 aliphatic heterocycles. The summed E-state index contributed by atoms with van der Waals surface area (Å²) in [7, 11) is 1.71. The maximum absolute atomic E-state index is 9.60. The minimum absolute atomic E-state index is 0. The monoisotopic (exact) mass is 489 g/mol. The lowest BCUT2D eigenvalue weighted by Crippen LogP contribution is -2.41. The zero-order valence-electron chi connectivity index (χ0n) is 14.7. The van der Waals surface area contributed by atoms with Crippen LogP contribution in [-0.4, -0.2) is 44.4 Å². The molecule has 0 radical (unpaired) electrons. The van der Waals surface area contributed by atoms with E-state index in [0.29, 0.717) is 36.4 Å². The summed E-state index contributed by atoms with van der Waals surface area (Å²) in [6.07, 6.45) is 0. The second-order valence-electron chi connectivity index (χ2n) is 5.45. The topological polar surface area (TPSA) is 65.9 Å². The number of aliphatic hydroxyl groups is 1. The Hall–Kier alpha value is -1.51. The molecule has 0 spiro atoms. The van der Waals surface area contributed by atoms with Crippen LogP contribution in [0.4, 0.5) is 0 Å². The number of nitrogens with one attached hydrogen (secondary N) is 2. The Morgan fingerprint density at radius 1 is 1.12 bits per heavy atom. The van der Waals surface area contributed by atoms with Gasteiger partial charge in [-0.15, -0.1) is 24.0 Å². The summed E-state index contributed by atoms with van der Waals surface area (Å²) in [5.74, 6) is 1.34. The zero-order valence-corrected chi connectivity index (χ0v) is 17.8. The third kappa shape index (κ3) is 7.39. The number of rotatable bonds is 8. The summed E-state index contributed by atoms with van der Waals surface area (Å²) in [6.45, 7) is 1.71. The fourth-order valence-electron chi connectivity index (χ4n) is 2.35. The molecule has 2 aromatic rings. The van der Waals surface area contributed by atoms with Gasteiger partial charge < -0.3 is 20.5 Å². The van der Waals surface area contributed by atoms with Crippen molar-refractivity contribution >= 4 is 41.5 Å². The Kier molecular flexibility index (Phi) is 11.1. The van der Waals surface area contributed by atoms with Gasteiger partial charge >= 0.3 is 0 Å². The summed E-state index contributed by atoms with van der Waals surface area (Å²) in [5, 5.41) is 16.6. The van der Waals surface area contributed by atoms with Gasteiger partial charge in [-0.05, 0) is 17.7 Å². The number of aliphatic hydroxyl groups excluding tert-OH is 1. The number of benzene rings is 2. The van der Waals surface area contributed by atoms with Crippen molar-refractivity contribution in [2.75, 3.05) is 33.4 Å². The second kappa shape index (κ2) is 12.8. The molecule has 0 aliphatic carbocycles. The highest BCUT2D eigenvalue weighted by atomic mass is 127. The van der Waals surface area contributed by atoms with E-state index in [1.54, 1.807) is 13.1 Å². The number of aliphatic imine (C=N–C) groups is 1. The number of nitrogens with zero attached hydrogens (tertiary/aromatic N) is 1. The fourth-order valence-corrected chi connectivity index (χ4v) is 2.54. The van der Waals surface area contributed by atoms with E-state index in [4.69, 9.17) is 16.3 Å². The Balaban J connectivity index is 0.00000338. The van der Waals surface area contributed by atoms with Gasteiger partial charge in [-0.25, -0.2) is 0 Å². The first-order valence-electron chi connectivity index (χ1n) is 8.22. The first-order valence-corrected chi connectivity index (χ1v) is 8.60. The van der Waals surface area contributed by atoms with Crippen LogP contribution in [0.15, 0.2) is 59.6 Å². The van der Waals surface area contributed by atoms with E-state index in [2.05, 4.69) is 15.6 Å². The van der Waals surface area contributed by atoms with Crippen molar-refractivity contribution in [3.63, 3.8) is 0 Å². The van der Waals surface area contributed by atoms with Crippen LogP contribution in [0.2, 0.25) is 5.02 Å².